The zero-order valence-electron chi connectivity index (χ0n) is 37.0. The first-order chi connectivity index (χ1) is 30.5. The number of carboxylic acid groups (broad SMARTS) is 1. The van der Waals surface area contributed by atoms with E-state index in [0.717, 1.165) is 48.3 Å². The SMILES string of the molecule is Cc1ncsc1-c1ccc(CNC(=O)[C@@H]2C[C@@H](O)CN2C(=O)C(NC(=O)COCCCOc2ccc(C3=N[C@@H](CC(=O)O)c4nnc(C)n4-c4sc(C)c(C)c43)cc2)C(C)(C)C)cc1. The van der Waals surface area contributed by atoms with Gasteiger partial charge in [-0.1, -0.05) is 45.0 Å². The van der Waals surface area contributed by atoms with Crippen molar-refractivity contribution < 1.29 is 38.9 Å². The number of thiazole rings is 1. The van der Waals surface area contributed by atoms with Gasteiger partial charge >= 0.3 is 5.97 Å². The number of aliphatic hydroxyl groups is 1. The quantitative estimate of drug-likeness (QED) is 0.0890. The van der Waals surface area contributed by atoms with E-state index in [1.54, 1.807) is 22.7 Å². The lowest BCUT2D eigenvalue weighted by molar-refractivity contribution is -0.144. The number of nitrogens with one attached hydrogen (secondary N) is 2. The minimum atomic E-state index is -0.983. The van der Waals surface area contributed by atoms with E-state index in [9.17, 15) is 29.4 Å². The Labute approximate surface area is 379 Å². The average Bonchev–Trinajstić information content (AvgIpc) is 4.02. The molecule has 16 nitrogen and oxygen atoms in total. The van der Waals surface area contributed by atoms with Gasteiger partial charge in [0.25, 0.3) is 0 Å². The molecule has 2 aromatic carbocycles. The summed E-state index contributed by atoms with van der Waals surface area (Å²) in [6.45, 7) is 13.9. The minimum Gasteiger partial charge on any atom is -0.494 e. The highest BCUT2D eigenvalue weighted by molar-refractivity contribution is 7.15. The summed E-state index contributed by atoms with van der Waals surface area (Å²) in [6.07, 6.45) is -0.542. The molecule has 1 unspecified atom stereocenters. The van der Waals surface area contributed by atoms with Crippen LogP contribution in [-0.2, 0) is 30.5 Å². The Morgan fingerprint density at radius 1 is 0.969 bits per heavy atom. The molecule has 3 aromatic heterocycles. The van der Waals surface area contributed by atoms with Gasteiger partial charge in [0.05, 0.1) is 47.5 Å². The number of aromatic nitrogens is 4. The molecule has 64 heavy (non-hydrogen) atoms. The maximum Gasteiger partial charge on any atom is 0.306 e. The topological polar surface area (TPSA) is 210 Å². The number of ether oxygens (including phenoxy) is 2. The van der Waals surface area contributed by atoms with E-state index in [4.69, 9.17) is 14.5 Å². The second-order valence-corrected chi connectivity index (χ2v) is 19.3. The summed E-state index contributed by atoms with van der Waals surface area (Å²) in [5.41, 5.74) is 7.46. The van der Waals surface area contributed by atoms with Crippen molar-refractivity contribution >= 4 is 52.1 Å². The Morgan fingerprint density at radius 3 is 2.36 bits per heavy atom. The molecular formula is C46H54N8O8S2. The Balaban J connectivity index is 0.892. The summed E-state index contributed by atoms with van der Waals surface area (Å²) in [5.74, 6) is -0.521. The number of carbonyl (C=O) groups is 4. The van der Waals surface area contributed by atoms with Gasteiger partial charge in [0, 0.05) is 41.9 Å². The highest BCUT2D eigenvalue weighted by Gasteiger charge is 2.44. The van der Waals surface area contributed by atoms with Crippen molar-refractivity contribution in [2.45, 2.75) is 98.5 Å². The minimum absolute atomic E-state index is 0.0251. The number of hydrogen-bond donors (Lipinski definition) is 4. The summed E-state index contributed by atoms with van der Waals surface area (Å²) >= 11 is 3.17. The lowest BCUT2D eigenvalue weighted by Gasteiger charge is -2.35. The predicted molar refractivity (Wildman–Crippen MR) is 243 cm³/mol. The number of aliphatic imine (C=N–C) groups is 1. The molecule has 4 atom stereocenters. The van der Waals surface area contributed by atoms with Crippen molar-refractivity contribution in [1.82, 2.24) is 35.3 Å². The van der Waals surface area contributed by atoms with E-state index in [2.05, 4.69) is 25.8 Å². The maximum absolute atomic E-state index is 14.0. The number of likely N-dealkylation sites (tertiary alicyclic amines) is 1. The Hall–Kier alpha value is -5.82. The molecule has 4 N–H and O–H groups in total. The maximum atomic E-state index is 14.0. The zero-order chi connectivity index (χ0) is 45.9. The van der Waals surface area contributed by atoms with Crippen molar-refractivity contribution in [3.8, 4) is 21.2 Å². The van der Waals surface area contributed by atoms with Gasteiger partial charge in [-0.25, -0.2) is 4.98 Å². The van der Waals surface area contributed by atoms with E-state index in [-0.39, 0.29) is 45.1 Å². The molecule has 2 aliphatic rings. The molecule has 5 heterocycles. The monoisotopic (exact) mass is 910 g/mol. The van der Waals surface area contributed by atoms with E-state index in [1.807, 2.05) is 107 Å². The van der Waals surface area contributed by atoms with Gasteiger partial charge in [-0.3, -0.25) is 28.7 Å². The lowest BCUT2D eigenvalue weighted by Crippen LogP contribution is -2.58. The Bertz CT molecular complexity index is 2540. The third-order valence-electron chi connectivity index (χ3n) is 11.4. The number of carbonyl (C=O) groups excluding carboxylic acids is 3. The van der Waals surface area contributed by atoms with Crippen LogP contribution in [0.3, 0.4) is 0 Å². The number of hydrogen-bond acceptors (Lipinski definition) is 13. The number of carboxylic acids is 1. The number of benzene rings is 2. The highest BCUT2D eigenvalue weighted by Crippen LogP contribution is 2.40. The number of aliphatic carboxylic acids is 1. The molecular weight excluding hydrogens is 857 g/mol. The fourth-order valence-electron chi connectivity index (χ4n) is 7.90. The van der Waals surface area contributed by atoms with Crippen molar-refractivity contribution in [1.29, 1.82) is 0 Å². The number of fused-ring (bicyclic) bond motifs is 3. The molecule has 18 heteroatoms. The standard InChI is InChI=1S/C46H54N8O8S2/c1-25-27(3)64-45-38(25)39(49-34(20-37(57)58)42-52-51-28(4)54(42)45)30-13-15-33(16-14-30)62-18-8-17-61-23-36(56)50-41(46(5,6)7)44(60)53-22-32(55)19-35(53)43(59)47-21-29-9-11-31(12-10-29)40-26(2)48-24-63-40/h9-16,24,32,34-35,41,55H,8,17-23H2,1-7H3,(H,47,59)(H,50,56)(H,57,58)/t32-,34+,35+,41?/m1/s1. The zero-order valence-corrected chi connectivity index (χ0v) is 38.6. The van der Waals surface area contributed by atoms with Crippen LogP contribution in [0.15, 0.2) is 59.0 Å². The van der Waals surface area contributed by atoms with Crippen molar-refractivity contribution in [2.24, 2.45) is 10.4 Å². The average molecular weight is 911 g/mol. The number of aliphatic hydroxyl groups excluding tert-OH is 1. The van der Waals surface area contributed by atoms with E-state index in [1.165, 1.54) is 4.90 Å². The van der Waals surface area contributed by atoms with Gasteiger partial charge in [-0.05, 0) is 74.1 Å². The molecule has 5 aromatic rings. The van der Waals surface area contributed by atoms with Gasteiger partial charge in [0.15, 0.2) is 5.82 Å². The fourth-order valence-corrected chi connectivity index (χ4v) is 9.92. The third kappa shape index (κ3) is 10.3. The van der Waals surface area contributed by atoms with Crippen molar-refractivity contribution in [3.63, 3.8) is 0 Å². The van der Waals surface area contributed by atoms with Crippen LogP contribution in [0.2, 0.25) is 0 Å². The van der Waals surface area contributed by atoms with Gasteiger partial charge in [0.2, 0.25) is 17.7 Å². The number of nitrogens with zero attached hydrogens (tertiary/aromatic N) is 6. The summed E-state index contributed by atoms with van der Waals surface area (Å²) in [6, 6.07) is 12.7. The van der Waals surface area contributed by atoms with Crippen LogP contribution in [0, 0.1) is 33.1 Å². The molecule has 1 fully saturated rings. The second kappa shape index (κ2) is 19.5. The smallest absolute Gasteiger partial charge is 0.306 e. The highest BCUT2D eigenvalue weighted by atomic mass is 32.1. The molecule has 3 amide bonds. The predicted octanol–water partition coefficient (Wildman–Crippen LogP) is 5.65. The largest absolute Gasteiger partial charge is 0.494 e. The van der Waals surface area contributed by atoms with E-state index >= 15 is 0 Å². The van der Waals surface area contributed by atoms with E-state index in [0.29, 0.717) is 36.1 Å². The van der Waals surface area contributed by atoms with Crippen LogP contribution < -0.4 is 15.4 Å². The van der Waals surface area contributed by atoms with Crippen LogP contribution in [0.25, 0.3) is 15.4 Å². The number of amides is 3. The first-order valence-electron chi connectivity index (χ1n) is 21.2. The molecule has 338 valence electrons. The van der Waals surface area contributed by atoms with Crippen LogP contribution in [0.1, 0.15) is 90.5 Å². The van der Waals surface area contributed by atoms with Gasteiger partial charge in [-0.15, -0.1) is 32.9 Å². The van der Waals surface area contributed by atoms with Crippen LogP contribution in [0.4, 0.5) is 0 Å². The van der Waals surface area contributed by atoms with Gasteiger partial charge in [0.1, 0.15) is 41.3 Å². The normalized spacial score (nSPS) is 17.5. The first kappa shape index (κ1) is 46.2. The molecule has 2 aliphatic heterocycles. The number of thiophene rings is 1. The summed E-state index contributed by atoms with van der Waals surface area (Å²) < 4.78 is 13.6. The van der Waals surface area contributed by atoms with E-state index < -0.39 is 47.4 Å². The summed E-state index contributed by atoms with van der Waals surface area (Å²) in [5, 5.41) is 35.5. The molecule has 7 rings (SSSR count). The number of aryl methyl sites for hydroxylation is 3. The summed E-state index contributed by atoms with van der Waals surface area (Å²) in [4.78, 5) is 65.3. The lowest BCUT2D eigenvalue weighted by atomic mass is 9.85. The molecule has 0 radical (unpaired) electrons. The molecule has 0 aliphatic carbocycles. The fraction of sp³-hybridized carbons (Fsp3) is 0.435. The Morgan fingerprint density at radius 2 is 1.69 bits per heavy atom. The van der Waals surface area contributed by atoms with Crippen LogP contribution in [0.5, 0.6) is 5.75 Å². The molecule has 1 saturated heterocycles. The van der Waals surface area contributed by atoms with Crippen molar-refractivity contribution in [3.05, 3.63) is 98.5 Å². The molecule has 0 saturated carbocycles. The molecule has 0 bridgehead atoms. The van der Waals surface area contributed by atoms with Gasteiger partial charge < -0.3 is 35.2 Å². The Kier molecular flexibility index (Phi) is 14.1. The second-order valence-electron chi connectivity index (χ2n) is 17.2. The molecule has 0 spiro atoms. The number of β-amino-alcohol motifs (C(OH)–C–C–N with tert-alkyl or cyclic N) is 1. The van der Waals surface area contributed by atoms with Crippen LogP contribution in [-0.4, -0.2) is 109 Å². The third-order valence-corrected chi connectivity index (χ3v) is 13.6. The van der Waals surface area contributed by atoms with Crippen LogP contribution >= 0.6 is 22.7 Å². The first-order valence-corrected chi connectivity index (χ1v) is 22.9. The number of rotatable bonds is 16. The van der Waals surface area contributed by atoms with Crippen molar-refractivity contribution in [2.75, 3.05) is 26.4 Å². The summed E-state index contributed by atoms with van der Waals surface area (Å²) in [7, 11) is 0. The van der Waals surface area contributed by atoms with Gasteiger partial charge in [-0.2, -0.15) is 0 Å².